The molecule has 2 aromatic carbocycles. The molecule has 1 atom stereocenters. The van der Waals surface area contributed by atoms with Gasteiger partial charge in [0.25, 0.3) is 0 Å². The van der Waals surface area contributed by atoms with E-state index in [2.05, 4.69) is 5.32 Å². The van der Waals surface area contributed by atoms with E-state index in [0.29, 0.717) is 0 Å². The molecule has 0 radical (unpaired) electrons. The summed E-state index contributed by atoms with van der Waals surface area (Å²) in [5, 5.41) is 2.85. The molecule has 0 bridgehead atoms. The highest BCUT2D eigenvalue weighted by Gasteiger charge is 2.17. The van der Waals surface area contributed by atoms with Gasteiger partial charge < -0.3 is 5.32 Å². The van der Waals surface area contributed by atoms with Crippen LogP contribution in [-0.4, -0.2) is 32.7 Å². The number of sulfonamides is 1. The number of hydrogen-bond acceptors (Lipinski definition) is 3. The van der Waals surface area contributed by atoms with Gasteiger partial charge in [-0.3, -0.25) is 4.79 Å². The van der Waals surface area contributed by atoms with Crippen LogP contribution in [-0.2, 0) is 21.2 Å². The van der Waals surface area contributed by atoms with E-state index in [1.165, 1.54) is 38.4 Å². The Hall–Kier alpha value is -2.25. The normalized spacial score (nSPS) is 12.8. The first-order valence-corrected chi connectivity index (χ1v) is 9.20. The molecule has 1 N–H and O–H groups in total. The molecular formula is C18H21FN2O3S. The third-order valence-corrected chi connectivity index (χ3v) is 5.64. The van der Waals surface area contributed by atoms with E-state index in [4.69, 9.17) is 0 Å². The summed E-state index contributed by atoms with van der Waals surface area (Å²) < 4.78 is 38.1. The Morgan fingerprint density at radius 1 is 1.08 bits per heavy atom. The fraction of sp³-hybridized carbons (Fsp3) is 0.278. The van der Waals surface area contributed by atoms with Crippen LogP contribution in [0.2, 0.25) is 0 Å². The lowest BCUT2D eigenvalue weighted by Crippen LogP contribution is -2.28. The van der Waals surface area contributed by atoms with Gasteiger partial charge in [0.15, 0.2) is 0 Å². The van der Waals surface area contributed by atoms with Crippen molar-refractivity contribution in [3.05, 3.63) is 65.5 Å². The molecule has 0 saturated heterocycles. The maximum absolute atomic E-state index is 12.9. The van der Waals surface area contributed by atoms with Crippen LogP contribution >= 0.6 is 0 Å². The van der Waals surface area contributed by atoms with Crippen molar-refractivity contribution in [1.29, 1.82) is 0 Å². The van der Waals surface area contributed by atoms with Gasteiger partial charge in [-0.2, -0.15) is 0 Å². The van der Waals surface area contributed by atoms with Crippen molar-refractivity contribution in [3.8, 4) is 0 Å². The van der Waals surface area contributed by atoms with E-state index < -0.39 is 10.0 Å². The highest BCUT2D eigenvalue weighted by atomic mass is 32.2. The Morgan fingerprint density at radius 2 is 1.64 bits per heavy atom. The number of benzene rings is 2. The molecule has 2 rings (SSSR count). The average Bonchev–Trinajstić information content (AvgIpc) is 2.56. The quantitative estimate of drug-likeness (QED) is 0.856. The van der Waals surface area contributed by atoms with Crippen molar-refractivity contribution < 1.29 is 17.6 Å². The first kappa shape index (κ1) is 19.1. The molecule has 5 nitrogen and oxygen atoms in total. The zero-order valence-corrected chi connectivity index (χ0v) is 15.2. The topological polar surface area (TPSA) is 66.5 Å². The molecule has 134 valence electrons. The summed E-state index contributed by atoms with van der Waals surface area (Å²) in [5.74, 6) is -0.533. The van der Waals surface area contributed by atoms with Crippen LogP contribution in [0.25, 0.3) is 0 Å². The number of carbonyl (C=O) groups is 1. The summed E-state index contributed by atoms with van der Waals surface area (Å²) >= 11 is 0. The van der Waals surface area contributed by atoms with Gasteiger partial charge in [-0.15, -0.1) is 0 Å². The first-order chi connectivity index (χ1) is 11.7. The smallest absolute Gasteiger partial charge is 0.242 e. The molecule has 0 aliphatic carbocycles. The number of nitrogens with one attached hydrogen (secondary N) is 1. The number of nitrogens with zero attached hydrogens (tertiary/aromatic N) is 1. The first-order valence-electron chi connectivity index (χ1n) is 7.76. The molecule has 1 amide bonds. The molecule has 0 aliphatic rings. The van der Waals surface area contributed by atoms with Crippen molar-refractivity contribution >= 4 is 15.9 Å². The van der Waals surface area contributed by atoms with Crippen molar-refractivity contribution in [1.82, 2.24) is 9.62 Å². The molecule has 0 saturated carbocycles. The minimum Gasteiger partial charge on any atom is -0.349 e. The van der Waals surface area contributed by atoms with E-state index in [1.54, 1.807) is 24.3 Å². The molecule has 0 fully saturated rings. The summed E-state index contributed by atoms with van der Waals surface area (Å²) in [4.78, 5) is 12.3. The van der Waals surface area contributed by atoms with Crippen LogP contribution < -0.4 is 5.32 Å². The predicted molar refractivity (Wildman–Crippen MR) is 94.0 cm³/mol. The van der Waals surface area contributed by atoms with Gasteiger partial charge in [-0.1, -0.05) is 24.3 Å². The molecule has 0 aliphatic heterocycles. The Balaban J connectivity index is 2.02. The summed E-state index contributed by atoms with van der Waals surface area (Å²) in [6, 6.07) is 11.9. The SMILES string of the molecule is CC(NC(=O)Cc1ccc(F)cc1)c1ccc(S(=O)(=O)N(C)C)cc1. The number of carbonyl (C=O) groups excluding carboxylic acids is 1. The molecule has 1 unspecified atom stereocenters. The highest BCUT2D eigenvalue weighted by molar-refractivity contribution is 7.89. The average molecular weight is 364 g/mol. The van der Waals surface area contributed by atoms with Gasteiger partial charge >= 0.3 is 0 Å². The van der Waals surface area contributed by atoms with Crippen molar-refractivity contribution in [2.45, 2.75) is 24.3 Å². The van der Waals surface area contributed by atoms with Crippen LogP contribution in [0.3, 0.4) is 0 Å². The fourth-order valence-corrected chi connectivity index (χ4v) is 3.20. The van der Waals surface area contributed by atoms with Gasteiger partial charge in [0.1, 0.15) is 5.82 Å². The van der Waals surface area contributed by atoms with Crippen LogP contribution in [0.15, 0.2) is 53.4 Å². The van der Waals surface area contributed by atoms with Crippen LogP contribution in [0.1, 0.15) is 24.1 Å². The molecule has 0 heterocycles. The maximum atomic E-state index is 12.9. The lowest BCUT2D eigenvalue weighted by Gasteiger charge is -2.16. The minimum atomic E-state index is -3.47. The van der Waals surface area contributed by atoms with Gasteiger partial charge in [-0.05, 0) is 42.3 Å². The minimum absolute atomic E-state index is 0.151. The highest BCUT2D eigenvalue weighted by Crippen LogP contribution is 2.18. The van der Waals surface area contributed by atoms with Crippen molar-refractivity contribution in [3.63, 3.8) is 0 Å². The van der Waals surface area contributed by atoms with Crippen molar-refractivity contribution in [2.24, 2.45) is 0 Å². The second-order valence-electron chi connectivity index (χ2n) is 5.95. The molecular weight excluding hydrogens is 343 g/mol. The van der Waals surface area contributed by atoms with E-state index in [9.17, 15) is 17.6 Å². The third kappa shape index (κ3) is 4.87. The van der Waals surface area contributed by atoms with E-state index in [0.717, 1.165) is 15.4 Å². The van der Waals surface area contributed by atoms with E-state index >= 15 is 0 Å². The summed E-state index contributed by atoms with van der Waals surface area (Å²) in [6.45, 7) is 1.82. The molecule has 2 aromatic rings. The van der Waals surface area contributed by atoms with Gasteiger partial charge in [0, 0.05) is 14.1 Å². The lowest BCUT2D eigenvalue weighted by atomic mass is 10.1. The Labute approximate surface area is 147 Å². The molecule has 25 heavy (non-hydrogen) atoms. The zero-order valence-electron chi connectivity index (χ0n) is 14.4. The van der Waals surface area contributed by atoms with Gasteiger partial charge in [-0.25, -0.2) is 17.1 Å². The lowest BCUT2D eigenvalue weighted by molar-refractivity contribution is -0.121. The number of hydrogen-bond donors (Lipinski definition) is 1. The summed E-state index contributed by atoms with van der Waals surface area (Å²) in [5.41, 5.74) is 1.52. The van der Waals surface area contributed by atoms with Gasteiger partial charge in [0.05, 0.1) is 17.4 Å². The largest absolute Gasteiger partial charge is 0.349 e. The van der Waals surface area contributed by atoms with Crippen molar-refractivity contribution in [2.75, 3.05) is 14.1 Å². The molecule has 0 aromatic heterocycles. The summed E-state index contributed by atoms with van der Waals surface area (Å²) in [7, 11) is -0.524. The number of amides is 1. The second kappa shape index (κ2) is 7.76. The van der Waals surface area contributed by atoms with E-state index in [-0.39, 0.29) is 29.1 Å². The maximum Gasteiger partial charge on any atom is 0.242 e. The second-order valence-corrected chi connectivity index (χ2v) is 8.10. The summed E-state index contributed by atoms with van der Waals surface area (Å²) in [6.07, 6.45) is 0.151. The Bertz CT molecular complexity index is 832. The van der Waals surface area contributed by atoms with Crippen LogP contribution in [0.4, 0.5) is 4.39 Å². The standard InChI is InChI=1S/C18H21FN2O3S/c1-13(20-18(22)12-14-4-8-16(19)9-5-14)15-6-10-17(11-7-15)25(23,24)21(2)3/h4-11,13H,12H2,1-3H3,(H,20,22). The third-order valence-electron chi connectivity index (χ3n) is 3.81. The Kier molecular flexibility index (Phi) is 5.92. The van der Waals surface area contributed by atoms with Crippen LogP contribution in [0, 0.1) is 5.82 Å². The Morgan fingerprint density at radius 3 is 2.16 bits per heavy atom. The fourth-order valence-electron chi connectivity index (χ4n) is 2.30. The number of rotatable bonds is 6. The molecule has 7 heteroatoms. The predicted octanol–water partition coefficient (Wildman–Crippen LogP) is 2.50. The monoisotopic (exact) mass is 364 g/mol. The van der Waals surface area contributed by atoms with E-state index in [1.807, 2.05) is 6.92 Å². The van der Waals surface area contributed by atoms with Gasteiger partial charge in [0.2, 0.25) is 15.9 Å². The molecule has 0 spiro atoms. The zero-order chi connectivity index (χ0) is 18.6. The van der Waals surface area contributed by atoms with Crippen LogP contribution in [0.5, 0.6) is 0 Å². The number of halogens is 1.